The Morgan fingerprint density at radius 1 is 0.769 bits per heavy atom. The fourth-order valence-electron chi connectivity index (χ4n) is 3.75. The molecule has 26 heavy (non-hydrogen) atoms. The largest absolute Gasteiger partial charge is 0.481 e. The second kappa shape index (κ2) is 15.9. The van der Waals surface area contributed by atoms with E-state index in [0.717, 1.165) is 18.8 Å². The zero-order valence-electron chi connectivity index (χ0n) is 16.9. The molecule has 0 aromatic heterocycles. The van der Waals surface area contributed by atoms with Gasteiger partial charge < -0.3 is 5.11 Å². The molecule has 0 aliphatic heterocycles. The molecule has 0 spiro atoms. The third-order valence-electron chi connectivity index (χ3n) is 5.37. The molecule has 1 aromatic rings. The SMILES string of the molecule is CCCCCC(CCCCCCCCCCCC(=O)O)c1ccccc1. The lowest BCUT2D eigenvalue weighted by Gasteiger charge is -2.17. The molecule has 1 atom stereocenters. The van der Waals surface area contributed by atoms with Crippen molar-refractivity contribution >= 4 is 5.97 Å². The van der Waals surface area contributed by atoms with Gasteiger partial charge in [0, 0.05) is 6.42 Å². The number of carboxylic acids is 1. The highest BCUT2D eigenvalue weighted by atomic mass is 16.4. The molecule has 0 saturated heterocycles. The van der Waals surface area contributed by atoms with E-state index in [2.05, 4.69) is 37.3 Å². The molecule has 0 bridgehead atoms. The maximum absolute atomic E-state index is 10.4. The number of aliphatic carboxylic acids is 1. The highest BCUT2D eigenvalue weighted by Crippen LogP contribution is 2.28. The van der Waals surface area contributed by atoms with Crippen molar-refractivity contribution in [3.05, 3.63) is 35.9 Å². The fourth-order valence-corrected chi connectivity index (χ4v) is 3.75. The maximum Gasteiger partial charge on any atom is 0.303 e. The van der Waals surface area contributed by atoms with Crippen molar-refractivity contribution in [1.82, 2.24) is 0 Å². The van der Waals surface area contributed by atoms with Crippen LogP contribution in [-0.2, 0) is 4.79 Å². The predicted molar refractivity (Wildman–Crippen MR) is 112 cm³/mol. The first kappa shape index (κ1) is 22.7. The smallest absolute Gasteiger partial charge is 0.303 e. The second-order valence-corrected chi connectivity index (χ2v) is 7.72. The number of carbonyl (C=O) groups is 1. The van der Waals surface area contributed by atoms with Crippen molar-refractivity contribution in [1.29, 1.82) is 0 Å². The lowest BCUT2D eigenvalue weighted by molar-refractivity contribution is -0.137. The van der Waals surface area contributed by atoms with Crippen LogP contribution < -0.4 is 0 Å². The second-order valence-electron chi connectivity index (χ2n) is 7.72. The number of carboxylic acid groups (broad SMARTS) is 1. The molecule has 0 aliphatic carbocycles. The van der Waals surface area contributed by atoms with Gasteiger partial charge in [-0.3, -0.25) is 4.79 Å². The summed E-state index contributed by atoms with van der Waals surface area (Å²) in [5.74, 6) is 0.0884. The van der Waals surface area contributed by atoms with Gasteiger partial charge >= 0.3 is 5.97 Å². The number of hydrogen-bond donors (Lipinski definition) is 1. The lowest BCUT2D eigenvalue weighted by Crippen LogP contribution is -1.99. The van der Waals surface area contributed by atoms with Crippen LogP contribution in [0.1, 0.15) is 115 Å². The number of rotatable bonds is 17. The molecule has 1 aromatic carbocycles. The molecule has 0 saturated carbocycles. The molecule has 2 heteroatoms. The van der Waals surface area contributed by atoms with Gasteiger partial charge in [-0.2, -0.15) is 0 Å². The topological polar surface area (TPSA) is 37.3 Å². The van der Waals surface area contributed by atoms with Crippen LogP contribution >= 0.6 is 0 Å². The summed E-state index contributed by atoms with van der Waals surface area (Å²) >= 11 is 0. The van der Waals surface area contributed by atoms with Crippen molar-refractivity contribution in [2.75, 3.05) is 0 Å². The van der Waals surface area contributed by atoms with E-state index in [1.165, 1.54) is 82.6 Å². The van der Waals surface area contributed by atoms with E-state index in [9.17, 15) is 4.79 Å². The highest BCUT2D eigenvalue weighted by molar-refractivity contribution is 5.66. The molecule has 0 aliphatic rings. The summed E-state index contributed by atoms with van der Waals surface area (Å²) in [4.78, 5) is 10.4. The molecular weight excluding hydrogens is 320 g/mol. The first-order valence-corrected chi connectivity index (χ1v) is 11.0. The van der Waals surface area contributed by atoms with Gasteiger partial charge in [-0.15, -0.1) is 0 Å². The highest BCUT2D eigenvalue weighted by Gasteiger charge is 2.10. The molecule has 1 rings (SSSR count). The third kappa shape index (κ3) is 12.1. The van der Waals surface area contributed by atoms with Crippen molar-refractivity contribution < 1.29 is 9.90 Å². The van der Waals surface area contributed by atoms with E-state index in [1.54, 1.807) is 0 Å². The van der Waals surface area contributed by atoms with Gasteiger partial charge in [0.05, 0.1) is 0 Å². The average molecular weight is 361 g/mol. The Kier molecular flexibility index (Phi) is 13.9. The van der Waals surface area contributed by atoms with Gasteiger partial charge in [0.2, 0.25) is 0 Å². The van der Waals surface area contributed by atoms with Crippen LogP contribution in [0.15, 0.2) is 30.3 Å². The van der Waals surface area contributed by atoms with E-state index < -0.39 is 5.97 Å². The van der Waals surface area contributed by atoms with E-state index in [1.807, 2.05) is 0 Å². The van der Waals surface area contributed by atoms with E-state index >= 15 is 0 Å². The normalized spacial score (nSPS) is 12.2. The van der Waals surface area contributed by atoms with Crippen LogP contribution in [0, 0.1) is 0 Å². The quantitative estimate of drug-likeness (QED) is 0.289. The molecule has 1 unspecified atom stereocenters. The van der Waals surface area contributed by atoms with Gasteiger partial charge in [0.1, 0.15) is 0 Å². The van der Waals surface area contributed by atoms with Crippen LogP contribution in [0.4, 0.5) is 0 Å². The van der Waals surface area contributed by atoms with Crippen LogP contribution in [0.5, 0.6) is 0 Å². The van der Waals surface area contributed by atoms with Gasteiger partial charge in [0.25, 0.3) is 0 Å². The van der Waals surface area contributed by atoms with Gasteiger partial charge in [-0.1, -0.05) is 108 Å². The minimum atomic E-state index is -0.659. The molecule has 0 amide bonds. The summed E-state index contributed by atoms with van der Waals surface area (Å²) in [5.41, 5.74) is 1.53. The zero-order chi connectivity index (χ0) is 18.9. The van der Waals surface area contributed by atoms with Gasteiger partial charge in [0.15, 0.2) is 0 Å². The molecule has 2 nitrogen and oxygen atoms in total. The number of hydrogen-bond acceptors (Lipinski definition) is 1. The average Bonchev–Trinajstić information content (AvgIpc) is 2.65. The minimum Gasteiger partial charge on any atom is -0.481 e. The van der Waals surface area contributed by atoms with Gasteiger partial charge in [-0.05, 0) is 30.7 Å². The Labute approximate surface area is 161 Å². The van der Waals surface area contributed by atoms with Crippen molar-refractivity contribution in [2.24, 2.45) is 0 Å². The standard InChI is InChI=1S/C24H40O2/c1-2-3-12-17-22(23-19-14-11-15-20-23)18-13-9-7-5-4-6-8-10-16-21-24(25)26/h11,14-15,19-20,22H,2-10,12-13,16-18,21H2,1H3,(H,25,26). The van der Waals surface area contributed by atoms with Crippen LogP contribution in [0.3, 0.4) is 0 Å². The summed E-state index contributed by atoms with van der Waals surface area (Å²) in [6.07, 6.45) is 18.1. The first-order valence-electron chi connectivity index (χ1n) is 11.0. The third-order valence-corrected chi connectivity index (χ3v) is 5.37. The zero-order valence-corrected chi connectivity index (χ0v) is 16.9. The number of unbranched alkanes of at least 4 members (excludes halogenated alkanes) is 10. The summed E-state index contributed by atoms with van der Waals surface area (Å²) in [7, 11) is 0. The summed E-state index contributed by atoms with van der Waals surface area (Å²) in [6, 6.07) is 11.1. The van der Waals surface area contributed by atoms with Crippen molar-refractivity contribution in [2.45, 2.75) is 109 Å². The van der Waals surface area contributed by atoms with Crippen molar-refractivity contribution in [3.63, 3.8) is 0 Å². The van der Waals surface area contributed by atoms with Gasteiger partial charge in [-0.25, -0.2) is 0 Å². The molecule has 0 heterocycles. The van der Waals surface area contributed by atoms with E-state index in [4.69, 9.17) is 5.11 Å². The monoisotopic (exact) mass is 360 g/mol. The summed E-state index contributed by atoms with van der Waals surface area (Å²) in [6.45, 7) is 2.28. The van der Waals surface area contributed by atoms with Crippen LogP contribution in [0.2, 0.25) is 0 Å². The molecule has 0 fully saturated rings. The predicted octanol–water partition coefficient (Wildman–Crippen LogP) is 7.73. The summed E-state index contributed by atoms with van der Waals surface area (Å²) < 4.78 is 0. The Balaban J connectivity index is 2.06. The Morgan fingerprint density at radius 2 is 1.27 bits per heavy atom. The maximum atomic E-state index is 10.4. The van der Waals surface area contributed by atoms with E-state index in [0.29, 0.717) is 6.42 Å². The Morgan fingerprint density at radius 3 is 1.81 bits per heavy atom. The van der Waals surface area contributed by atoms with Crippen molar-refractivity contribution in [3.8, 4) is 0 Å². The first-order chi connectivity index (χ1) is 12.7. The lowest BCUT2D eigenvalue weighted by atomic mass is 9.88. The molecular formula is C24H40O2. The molecule has 0 radical (unpaired) electrons. The van der Waals surface area contributed by atoms with Crippen LogP contribution in [0.25, 0.3) is 0 Å². The molecule has 1 N–H and O–H groups in total. The Hall–Kier alpha value is -1.31. The van der Waals surface area contributed by atoms with Crippen LogP contribution in [-0.4, -0.2) is 11.1 Å². The minimum absolute atomic E-state index is 0.334. The Bertz CT molecular complexity index is 441. The molecule has 148 valence electrons. The fraction of sp³-hybridized carbons (Fsp3) is 0.708. The summed E-state index contributed by atoms with van der Waals surface area (Å²) in [5, 5.41) is 8.61. The van der Waals surface area contributed by atoms with E-state index in [-0.39, 0.29) is 0 Å². The number of benzene rings is 1.